The summed E-state index contributed by atoms with van der Waals surface area (Å²) in [4.78, 5) is 8.81. The zero-order valence-electron chi connectivity index (χ0n) is 11.3. The van der Waals surface area contributed by atoms with Gasteiger partial charge in [-0.05, 0) is 12.8 Å². The maximum Gasteiger partial charge on any atom is 0.218 e. The molecule has 5 heteroatoms. The number of methoxy groups -OCH3 is 1. The predicted octanol–water partition coefficient (Wildman–Crippen LogP) is 2.20. The topological polar surface area (TPSA) is 56.3 Å². The van der Waals surface area contributed by atoms with Crippen LogP contribution in [0.1, 0.15) is 38.4 Å². The highest BCUT2D eigenvalue weighted by Gasteiger charge is 2.16. The van der Waals surface area contributed by atoms with Gasteiger partial charge in [-0.1, -0.05) is 13.8 Å². The number of rotatable bonds is 5. The Hall–Kier alpha value is -1.36. The molecular formula is C13H21N3O2. The van der Waals surface area contributed by atoms with E-state index < -0.39 is 0 Å². The smallest absolute Gasteiger partial charge is 0.218 e. The van der Waals surface area contributed by atoms with Gasteiger partial charge in [-0.2, -0.15) is 4.98 Å². The van der Waals surface area contributed by atoms with Gasteiger partial charge in [-0.25, -0.2) is 4.98 Å². The van der Waals surface area contributed by atoms with Gasteiger partial charge in [0, 0.05) is 25.1 Å². The summed E-state index contributed by atoms with van der Waals surface area (Å²) in [5.74, 6) is 2.48. The number of nitrogens with one attached hydrogen (secondary N) is 1. The highest BCUT2D eigenvalue weighted by Crippen LogP contribution is 2.19. The lowest BCUT2D eigenvalue weighted by atomic mass is 10.2. The van der Waals surface area contributed by atoms with Crippen molar-refractivity contribution in [1.82, 2.24) is 9.97 Å². The van der Waals surface area contributed by atoms with E-state index in [0.29, 0.717) is 12.0 Å². The third-order valence-electron chi connectivity index (χ3n) is 2.98. The maximum absolute atomic E-state index is 5.57. The minimum absolute atomic E-state index is 0.281. The van der Waals surface area contributed by atoms with E-state index in [4.69, 9.17) is 9.47 Å². The van der Waals surface area contributed by atoms with Crippen molar-refractivity contribution in [3.8, 4) is 5.88 Å². The van der Waals surface area contributed by atoms with Crippen LogP contribution in [0, 0.1) is 0 Å². The number of hydrogen-bond donors (Lipinski definition) is 1. The van der Waals surface area contributed by atoms with E-state index in [2.05, 4.69) is 29.1 Å². The minimum Gasteiger partial charge on any atom is -0.481 e. The lowest BCUT2D eigenvalue weighted by Gasteiger charge is -2.13. The molecule has 1 saturated heterocycles. The molecule has 0 aromatic carbocycles. The lowest BCUT2D eigenvalue weighted by Crippen LogP contribution is -2.19. The fourth-order valence-electron chi connectivity index (χ4n) is 1.92. The van der Waals surface area contributed by atoms with Crippen LogP contribution in [-0.2, 0) is 4.74 Å². The van der Waals surface area contributed by atoms with E-state index in [1.54, 1.807) is 7.11 Å². The summed E-state index contributed by atoms with van der Waals surface area (Å²) < 4.78 is 10.8. The third-order valence-corrected chi connectivity index (χ3v) is 2.98. The van der Waals surface area contributed by atoms with Crippen molar-refractivity contribution in [2.45, 2.75) is 38.7 Å². The van der Waals surface area contributed by atoms with Crippen LogP contribution in [0.5, 0.6) is 5.88 Å². The van der Waals surface area contributed by atoms with Crippen LogP contribution in [0.15, 0.2) is 6.07 Å². The molecule has 2 rings (SSSR count). The molecule has 18 heavy (non-hydrogen) atoms. The molecule has 1 N–H and O–H groups in total. The summed E-state index contributed by atoms with van der Waals surface area (Å²) in [5.41, 5.74) is 0. The molecular weight excluding hydrogens is 230 g/mol. The Balaban J connectivity index is 2.03. The zero-order chi connectivity index (χ0) is 13.0. The second kappa shape index (κ2) is 6.00. The molecule has 0 spiro atoms. The molecule has 0 radical (unpaired) electrons. The van der Waals surface area contributed by atoms with Gasteiger partial charge < -0.3 is 14.8 Å². The van der Waals surface area contributed by atoms with Crippen molar-refractivity contribution in [3.05, 3.63) is 11.9 Å². The number of hydrogen-bond acceptors (Lipinski definition) is 5. The van der Waals surface area contributed by atoms with Crippen LogP contribution in [-0.4, -0.2) is 36.3 Å². The van der Waals surface area contributed by atoms with Crippen molar-refractivity contribution in [2.24, 2.45) is 0 Å². The van der Waals surface area contributed by atoms with E-state index in [-0.39, 0.29) is 5.92 Å². The molecule has 1 fully saturated rings. The Morgan fingerprint density at radius 1 is 1.50 bits per heavy atom. The second-order valence-corrected chi connectivity index (χ2v) is 4.82. The van der Waals surface area contributed by atoms with Gasteiger partial charge >= 0.3 is 0 Å². The number of anilines is 1. The monoisotopic (exact) mass is 251 g/mol. The van der Waals surface area contributed by atoms with Gasteiger partial charge in [-0.3, -0.25) is 0 Å². The molecule has 5 nitrogen and oxygen atoms in total. The van der Waals surface area contributed by atoms with Crippen molar-refractivity contribution in [2.75, 3.05) is 25.6 Å². The highest BCUT2D eigenvalue weighted by molar-refractivity contribution is 5.39. The second-order valence-electron chi connectivity index (χ2n) is 4.82. The van der Waals surface area contributed by atoms with E-state index in [1.165, 1.54) is 0 Å². The van der Waals surface area contributed by atoms with Crippen LogP contribution >= 0.6 is 0 Å². The molecule has 1 aromatic heterocycles. The Bertz CT molecular complexity index is 390. The van der Waals surface area contributed by atoms with Crippen molar-refractivity contribution >= 4 is 5.82 Å². The maximum atomic E-state index is 5.57. The molecule has 0 amide bonds. The van der Waals surface area contributed by atoms with Crippen molar-refractivity contribution in [1.29, 1.82) is 0 Å². The standard InChI is InChI=1S/C13H21N3O2/c1-9(2)13-15-11(7-12(16-13)17-3)14-8-10-5-4-6-18-10/h7,9-10H,4-6,8H2,1-3H3,(H,14,15,16). The Morgan fingerprint density at radius 2 is 2.33 bits per heavy atom. The van der Waals surface area contributed by atoms with Crippen molar-refractivity contribution < 1.29 is 9.47 Å². The van der Waals surface area contributed by atoms with Gasteiger partial charge in [0.1, 0.15) is 11.6 Å². The van der Waals surface area contributed by atoms with Crippen molar-refractivity contribution in [3.63, 3.8) is 0 Å². The average Bonchev–Trinajstić information content (AvgIpc) is 2.89. The SMILES string of the molecule is COc1cc(NCC2CCCO2)nc(C(C)C)n1. The fraction of sp³-hybridized carbons (Fsp3) is 0.692. The lowest BCUT2D eigenvalue weighted by molar-refractivity contribution is 0.120. The first kappa shape index (κ1) is 13.1. The van der Waals surface area contributed by atoms with Gasteiger partial charge in [0.2, 0.25) is 5.88 Å². The van der Waals surface area contributed by atoms with Crippen LogP contribution in [0.2, 0.25) is 0 Å². The van der Waals surface area contributed by atoms with Crippen LogP contribution in [0.4, 0.5) is 5.82 Å². The molecule has 0 aliphatic carbocycles. The Labute approximate surface area is 108 Å². The summed E-state index contributed by atoms with van der Waals surface area (Å²) in [5, 5.41) is 3.30. The fourth-order valence-corrected chi connectivity index (χ4v) is 1.92. The van der Waals surface area contributed by atoms with Gasteiger partial charge in [-0.15, -0.1) is 0 Å². The zero-order valence-corrected chi connectivity index (χ0v) is 11.3. The quantitative estimate of drug-likeness (QED) is 0.869. The molecule has 1 aliphatic rings. The minimum atomic E-state index is 0.281. The van der Waals surface area contributed by atoms with E-state index in [0.717, 1.165) is 37.6 Å². The summed E-state index contributed by atoms with van der Waals surface area (Å²) in [6.07, 6.45) is 2.57. The molecule has 1 aromatic rings. The summed E-state index contributed by atoms with van der Waals surface area (Å²) in [7, 11) is 1.62. The molecule has 1 unspecified atom stereocenters. The van der Waals surface area contributed by atoms with E-state index >= 15 is 0 Å². The van der Waals surface area contributed by atoms with Gasteiger partial charge in [0.25, 0.3) is 0 Å². The molecule has 0 bridgehead atoms. The molecule has 2 heterocycles. The Morgan fingerprint density at radius 3 is 2.94 bits per heavy atom. The summed E-state index contributed by atoms with van der Waals surface area (Å²) >= 11 is 0. The van der Waals surface area contributed by atoms with Crippen LogP contribution in [0.3, 0.4) is 0 Å². The molecule has 0 saturated carbocycles. The van der Waals surface area contributed by atoms with E-state index in [9.17, 15) is 0 Å². The van der Waals surface area contributed by atoms with E-state index in [1.807, 2.05) is 6.07 Å². The third kappa shape index (κ3) is 3.32. The normalized spacial score (nSPS) is 19.2. The number of nitrogens with zero attached hydrogens (tertiary/aromatic N) is 2. The first-order valence-electron chi connectivity index (χ1n) is 6.47. The first-order valence-corrected chi connectivity index (χ1v) is 6.47. The van der Waals surface area contributed by atoms with Gasteiger partial charge in [0.05, 0.1) is 13.2 Å². The molecule has 1 atom stereocenters. The Kier molecular flexibility index (Phi) is 4.36. The number of aromatic nitrogens is 2. The van der Waals surface area contributed by atoms with Crippen LogP contribution in [0.25, 0.3) is 0 Å². The van der Waals surface area contributed by atoms with Gasteiger partial charge in [0.15, 0.2) is 0 Å². The average molecular weight is 251 g/mol. The predicted molar refractivity (Wildman–Crippen MR) is 70.1 cm³/mol. The number of ether oxygens (including phenoxy) is 2. The summed E-state index contributed by atoms with van der Waals surface area (Å²) in [6, 6.07) is 1.82. The molecule has 100 valence electrons. The summed E-state index contributed by atoms with van der Waals surface area (Å²) in [6.45, 7) is 5.80. The first-order chi connectivity index (χ1) is 8.69. The highest BCUT2D eigenvalue weighted by atomic mass is 16.5. The largest absolute Gasteiger partial charge is 0.481 e. The molecule has 1 aliphatic heterocycles. The van der Waals surface area contributed by atoms with Crippen LogP contribution < -0.4 is 10.1 Å².